The molecule has 0 saturated heterocycles. The minimum Gasteiger partial charge on any atom is -0.392 e. The molecule has 2 rings (SSSR count). The van der Waals surface area contributed by atoms with Gasteiger partial charge in [0.1, 0.15) is 5.78 Å². The molecule has 0 aromatic carbocycles. The Kier molecular flexibility index (Phi) is 10.6. The van der Waals surface area contributed by atoms with E-state index in [1.807, 2.05) is 31.4 Å². The maximum absolute atomic E-state index is 12.8. The largest absolute Gasteiger partial charge is 0.392 e. The Hall–Kier alpha value is -1.34. The summed E-state index contributed by atoms with van der Waals surface area (Å²) in [5.74, 6) is -0.0952. The van der Waals surface area contributed by atoms with Crippen LogP contribution in [0, 0.1) is 24.7 Å². The third-order valence-corrected chi connectivity index (χ3v) is 6.92. The number of aryl methyl sites for hydroxylation is 1. The number of carbonyl (C=O) groups excluding carboxylic acids is 1. The van der Waals surface area contributed by atoms with Gasteiger partial charge in [-0.1, -0.05) is 44.9 Å². The quantitative estimate of drug-likeness (QED) is 0.598. The van der Waals surface area contributed by atoms with Gasteiger partial charge >= 0.3 is 0 Å². The fourth-order valence-electron chi connectivity index (χ4n) is 4.13. The lowest BCUT2D eigenvalue weighted by atomic mass is 9.83. The summed E-state index contributed by atoms with van der Waals surface area (Å²) in [6.07, 6.45) is 8.26. The van der Waals surface area contributed by atoms with Gasteiger partial charge in [0.15, 0.2) is 6.29 Å². The number of ether oxygens (including phenoxy) is 1. The maximum Gasteiger partial charge on any atom is 0.157 e. The van der Waals surface area contributed by atoms with Crippen LogP contribution in [0.15, 0.2) is 23.1 Å². The number of aromatic nitrogens is 1. The van der Waals surface area contributed by atoms with E-state index in [9.17, 15) is 15.0 Å². The molecule has 5 nitrogen and oxygen atoms in total. The molecule has 1 aliphatic rings. The number of allylic oxidation sites excluding steroid dienone is 1. The molecule has 0 spiro atoms. The van der Waals surface area contributed by atoms with Crippen molar-refractivity contribution in [3.8, 4) is 0 Å². The van der Waals surface area contributed by atoms with Gasteiger partial charge in [-0.15, -0.1) is 11.3 Å². The number of rotatable bonds is 2. The molecule has 1 aromatic heterocycles. The Morgan fingerprint density at radius 2 is 1.94 bits per heavy atom. The van der Waals surface area contributed by atoms with Crippen LogP contribution in [0.5, 0.6) is 0 Å². The van der Waals surface area contributed by atoms with E-state index in [0.717, 1.165) is 36.4 Å². The summed E-state index contributed by atoms with van der Waals surface area (Å²) >= 11 is 1.59. The molecule has 1 aliphatic heterocycles. The predicted octanol–water partition coefficient (Wildman–Crippen LogP) is 5.31. The molecule has 31 heavy (non-hydrogen) atoms. The van der Waals surface area contributed by atoms with E-state index in [1.54, 1.807) is 18.3 Å². The molecule has 6 atom stereocenters. The molecule has 6 heteroatoms. The Balaban J connectivity index is 2.16. The van der Waals surface area contributed by atoms with Gasteiger partial charge < -0.3 is 14.9 Å². The molecule has 0 radical (unpaired) electrons. The zero-order valence-electron chi connectivity index (χ0n) is 19.6. The highest BCUT2D eigenvalue weighted by Gasteiger charge is 2.29. The van der Waals surface area contributed by atoms with Crippen molar-refractivity contribution in [2.75, 3.05) is 0 Å². The molecule has 0 aliphatic carbocycles. The lowest BCUT2D eigenvalue weighted by Crippen LogP contribution is -2.34. The van der Waals surface area contributed by atoms with Gasteiger partial charge in [0.25, 0.3) is 0 Å². The highest BCUT2D eigenvalue weighted by Crippen LogP contribution is 2.25. The zero-order valence-corrected chi connectivity index (χ0v) is 20.4. The van der Waals surface area contributed by atoms with Crippen molar-refractivity contribution in [3.05, 3.63) is 33.8 Å². The lowest BCUT2D eigenvalue weighted by molar-refractivity contribution is -0.148. The number of nitrogens with zero attached hydrogens (tertiary/aromatic N) is 1. The first-order valence-corrected chi connectivity index (χ1v) is 12.3. The number of hydrogen-bond acceptors (Lipinski definition) is 6. The summed E-state index contributed by atoms with van der Waals surface area (Å²) in [6.45, 7) is 9.99. The Morgan fingerprint density at radius 3 is 2.61 bits per heavy atom. The van der Waals surface area contributed by atoms with Gasteiger partial charge in [0.05, 0.1) is 22.9 Å². The van der Waals surface area contributed by atoms with Crippen LogP contribution in [0.2, 0.25) is 0 Å². The van der Waals surface area contributed by atoms with E-state index >= 15 is 0 Å². The number of thiazole rings is 1. The van der Waals surface area contributed by atoms with Crippen molar-refractivity contribution in [2.45, 2.75) is 91.6 Å². The van der Waals surface area contributed by atoms with Crippen LogP contribution in [-0.2, 0) is 9.53 Å². The molecule has 1 aromatic rings. The van der Waals surface area contributed by atoms with Crippen molar-refractivity contribution in [3.63, 3.8) is 0 Å². The van der Waals surface area contributed by atoms with Gasteiger partial charge in [-0.05, 0) is 51.5 Å². The van der Waals surface area contributed by atoms with Gasteiger partial charge in [0.2, 0.25) is 0 Å². The van der Waals surface area contributed by atoms with E-state index in [2.05, 4.69) is 24.9 Å². The summed E-state index contributed by atoms with van der Waals surface area (Å²) in [5, 5.41) is 24.0. The van der Waals surface area contributed by atoms with Crippen molar-refractivity contribution in [2.24, 2.45) is 17.8 Å². The first-order valence-electron chi connectivity index (χ1n) is 11.5. The number of aliphatic hydroxyl groups excluding tert-OH is 2. The van der Waals surface area contributed by atoms with Crippen LogP contribution in [0.25, 0.3) is 6.08 Å². The van der Waals surface area contributed by atoms with Gasteiger partial charge in [0, 0.05) is 23.6 Å². The van der Waals surface area contributed by atoms with E-state index in [0.29, 0.717) is 12.3 Å². The smallest absolute Gasteiger partial charge is 0.157 e. The summed E-state index contributed by atoms with van der Waals surface area (Å²) in [6, 6.07) is 0. The number of carbonyl (C=O) groups is 1. The highest BCUT2D eigenvalue weighted by atomic mass is 32.1. The van der Waals surface area contributed by atoms with Crippen LogP contribution in [0.1, 0.15) is 76.9 Å². The average molecular weight is 450 g/mol. The third-order valence-electron chi connectivity index (χ3n) is 6.13. The minimum absolute atomic E-state index is 0.0119. The molecule has 0 amide bonds. The van der Waals surface area contributed by atoms with E-state index in [4.69, 9.17) is 4.74 Å². The van der Waals surface area contributed by atoms with Crippen LogP contribution in [0.4, 0.5) is 0 Å². The molecule has 174 valence electrons. The fraction of sp³-hybridized carbons (Fsp3) is 0.680. The van der Waals surface area contributed by atoms with Crippen molar-refractivity contribution >= 4 is 23.2 Å². The zero-order chi connectivity index (χ0) is 23.0. The van der Waals surface area contributed by atoms with Crippen molar-refractivity contribution < 1.29 is 19.7 Å². The molecule has 0 fully saturated rings. The van der Waals surface area contributed by atoms with Crippen LogP contribution in [0.3, 0.4) is 0 Å². The normalized spacial score (nSPS) is 34.5. The molecular weight excluding hydrogens is 410 g/mol. The summed E-state index contributed by atoms with van der Waals surface area (Å²) in [5.41, 5.74) is 2.17. The third kappa shape index (κ3) is 8.97. The second-order valence-electron chi connectivity index (χ2n) is 9.19. The molecule has 0 bridgehead atoms. The standard InChI is InChI=1S/C25H39NO4S/c1-16-7-6-8-17(2)13-18(3)25(29)19(4)23(27)14-24(28)30-22(11-9-16)12-10-21-15-31-20(5)26-21/h9-10,12,15,17-19,22-24,27-28H,6-8,11,13-14H2,1-5H3/b12-10+,16-9-/t17?,18?,19-,22?,23?,24?/m1/s1. The second kappa shape index (κ2) is 12.6. The Morgan fingerprint density at radius 1 is 1.19 bits per heavy atom. The van der Waals surface area contributed by atoms with E-state index in [-0.39, 0.29) is 24.2 Å². The molecular formula is C25H39NO4S. The number of ketones is 1. The highest BCUT2D eigenvalue weighted by molar-refractivity contribution is 7.09. The first kappa shape index (κ1) is 25.9. The van der Waals surface area contributed by atoms with Gasteiger partial charge in [-0.25, -0.2) is 4.98 Å². The van der Waals surface area contributed by atoms with Crippen LogP contribution >= 0.6 is 11.3 Å². The molecule has 5 unspecified atom stereocenters. The number of aliphatic hydroxyl groups is 2. The Labute approximate surface area is 191 Å². The molecule has 0 saturated carbocycles. The average Bonchev–Trinajstić information content (AvgIpc) is 3.13. The maximum atomic E-state index is 12.8. The summed E-state index contributed by atoms with van der Waals surface area (Å²) in [4.78, 5) is 17.2. The predicted molar refractivity (Wildman–Crippen MR) is 127 cm³/mol. The molecule has 2 heterocycles. The van der Waals surface area contributed by atoms with Crippen LogP contribution < -0.4 is 0 Å². The van der Waals surface area contributed by atoms with Crippen molar-refractivity contribution in [1.29, 1.82) is 0 Å². The SMILES string of the molecule is C/C1=C/CC(/C=C/c2csc(C)n2)OC(O)CC(O)[C@@H](C)C(=O)C(C)CC(C)CCC1. The lowest BCUT2D eigenvalue weighted by Gasteiger charge is -2.26. The minimum atomic E-state index is -1.15. The Bertz CT molecular complexity index is 756. The topological polar surface area (TPSA) is 79.7 Å². The summed E-state index contributed by atoms with van der Waals surface area (Å²) < 4.78 is 5.85. The summed E-state index contributed by atoms with van der Waals surface area (Å²) in [7, 11) is 0. The second-order valence-corrected chi connectivity index (χ2v) is 10.3. The van der Waals surface area contributed by atoms with Crippen LogP contribution in [-0.4, -0.2) is 39.5 Å². The number of Topliss-reactive ketones (excluding diaryl/α,β-unsaturated/α-hetero) is 1. The van der Waals surface area contributed by atoms with Gasteiger partial charge in [-0.3, -0.25) is 4.79 Å². The van der Waals surface area contributed by atoms with Gasteiger partial charge in [-0.2, -0.15) is 0 Å². The van der Waals surface area contributed by atoms with E-state index < -0.39 is 18.3 Å². The molecule has 2 N–H and O–H groups in total. The van der Waals surface area contributed by atoms with E-state index in [1.165, 1.54) is 5.57 Å². The monoisotopic (exact) mass is 449 g/mol. The number of hydrogen-bond donors (Lipinski definition) is 2. The first-order chi connectivity index (χ1) is 14.7. The fourth-order valence-corrected chi connectivity index (χ4v) is 4.72. The van der Waals surface area contributed by atoms with Crippen molar-refractivity contribution in [1.82, 2.24) is 4.98 Å².